The van der Waals surface area contributed by atoms with E-state index in [1.807, 2.05) is 0 Å². The predicted molar refractivity (Wildman–Crippen MR) is 108 cm³/mol. The van der Waals surface area contributed by atoms with E-state index < -0.39 is 12.0 Å². The lowest BCUT2D eigenvalue weighted by Gasteiger charge is -2.13. The van der Waals surface area contributed by atoms with Gasteiger partial charge in [0, 0.05) is 23.7 Å². The summed E-state index contributed by atoms with van der Waals surface area (Å²) in [7, 11) is 0. The molecule has 0 radical (unpaired) electrons. The summed E-state index contributed by atoms with van der Waals surface area (Å²) in [5, 5.41) is 22.7. The van der Waals surface area contributed by atoms with Gasteiger partial charge < -0.3 is 26.0 Å². The second-order valence-corrected chi connectivity index (χ2v) is 7.40. The number of nitrogens with one attached hydrogen (secondary N) is 1. The molecule has 0 bridgehead atoms. The molecule has 0 aromatic heterocycles. The summed E-state index contributed by atoms with van der Waals surface area (Å²) in [6, 6.07) is 10.6. The van der Waals surface area contributed by atoms with Gasteiger partial charge in [0.05, 0.1) is 11.7 Å². The minimum Gasteiger partial charge on any atom is -0.507 e. The third-order valence-corrected chi connectivity index (χ3v) is 5.22. The molecule has 27 heavy (non-hydrogen) atoms. The number of hydrogen-bond acceptors (Lipinski definition) is 6. The first-order chi connectivity index (χ1) is 12.9. The number of carbonyl (C=O) groups excluding carboxylic acids is 1. The van der Waals surface area contributed by atoms with Gasteiger partial charge in [-0.2, -0.15) is 0 Å². The number of hydrogen-bond donors (Lipinski definition) is 4. The van der Waals surface area contributed by atoms with Crippen molar-refractivity contribution in [2.24, 2.45) is 5.73 Å². The molecule has 2 aromatic rings. The first-order valence-electron chi connectivity index (χ1n) is 8.71. The van der Waals surface area contributed by atoms with Crippen LogP contribution in [0.2, 0.25) is 0 Å². The van der Waals surface area contributed by atoms with E-state index in [-0.39, 0.29) is 11.3 Å². The summed E-state index contributed by atoms with van der Waals surface area (Å²) in [5.74, 6) is 0.183. The third kappa shape index (κ3) is 6.78. The molecule has 0 aliphatic carbocycles. The Hall–Kier alpha value is -2.22. The fourth-order valence-corrected chi connectivity index (χ4v) is 3.29. The van der Waals surface area contributed by atoms with E-state index in [2.05, 4.69) is 37.4 Å². The average molecular weight is 391 g/mol. The van der Waals surface area contributed by atoms with E-state index >= 15 is 0 Å². The van der Waals surface area contributed by atoms with Crippen LogP contribution in [0.15, 0.2) is 41.3 Å². The number of aliphatic hydroxyl groups excluding tert-OH is 1. The van der Waals surface area contributed by atoms with E-state index in [4.69, 9.17) is 10.5 Å². The summed E-state index contributed by atoms with van der Waals surface area (Å²) in [6.45, 7) is 5.52. The van der Waals surface area contributed by atoms with Gasteiger partial charge in [-0.3, -0.25) is 4.79 Å². The largest absolute Gasteiger partial charge is 0.507 e. The molecule has 5 N–H and O–H groups in total. The van der Waals surface area contributed by atoms with Crippen LogP contribution >= 0.6 is 11.8 Å². The number of benzene rings is 2. The normalized spacial score (nSPS) is 12.0. The number of aryl methyl sites for hydroxylation is 2. The van der Waals surface area contributed by atoms with E-state index in [9.17, 15) is 15.0 Å². The van der Waals surface area contributed by atoms with Crippen LogP contribution in [0.4, 0.5) is 0 Å². The molecular weight excluding hydrogens is 364 g/mol. The van der Waals surface area contributed by atoms with Gasteiger partial charge in [0.1, 0.15) is 18.1 Å². The number of thioether (sulfide) groups is 1. The van der Waals surface area contributed by atoms with Crippen molar-refractivity contribution in [2.45, 2.75) is 24.8 Å². The molecule has 0 saturated carbocycles. The number of ether oxygens (including phenoxy) is 1. The minimum absolute atomic E-state index is 0.0271. The number of amides is 1. The van der Waals surface area contributed by atoms with E-state index in [0.29, 0.717) is 31.2 Å². The molecule has 7 heteroatoms. The summed E-state index contributed by atoms with van der Waals surface area (Å²) in [5.41, 5.74) is 7.72. The van der Waals surface area contributed by atoms with Crippen molar-refractivity contribution in [1.82, 2.24) is 5.32 Å². The predicted octanol–water partition coefficient (Wildman–Crippen LogP) is 2.23. The molecule has 0 saturated heterocycles. The second kappa shape index (κ2) is 10.2. The first kappa shape index (κ1) is 21.1. The number of rotatable bonds is 10. The van der Waals surface area contributed by atoms with Crippen LogP contribution in [0, 0.1) is 13.8 Å². The van der Waals surface area contributed by atoms with Crippen LogP contribution in [0.25, 0.3) is 0 Å². The number of phenols is 1. The van der Waals surface area contributed by atoms with Gasteiger partial charge in [-0.25, -0.2) is 0 Å². The Morgan fingerprint density at radius 1 is 1.22 bits per heavy atom. The highest BCUT2D eigenvalue weighted by molar-refractivity contribution is 7.99. The standard InChI is InChI=1S/C20H26N2O4S/c1-13-3-5-17(9-14(13)2)27-12-15(23)11-22-7-8-26-16-4-6-19(24)18(10-16)20(21)25/h3-6,9-10,15,22-24H,7-8,11-12H2,1-2H3,(H2,21,25). The maximum atomic E-state index is 11.2. The Morgan fingerprint density at radius 2 is 2.00 bits per heavy atom. The fraction of sp³-hybridized carbons (Fsp3) is 0.350. The lowest BCUT2D eigenvalue weighted by Crippen LogP contribution is -2.31. The van der Waals surface area contributed by atoms with Gasteiger partial charge in [-0.1, -0.05) is 6.07 Å². The zero-order valence-corrected chi connectivity index (χ0v) is 16.4. The second-order valence-electron chi connectivity index (χ2n) is 6.31. The Morgan fingerprint density at radius 3 is 2.70 bits per heavy atom. The van der Waals surface area contributed by atoms with Gasteiger partial charge in [0.25, 0.3) is 5.91 Å². The smallest absolute Gasteiger partial charge is 0.252 e. The molecule has 1 atom stereocenters. The highest BCUT2D eigenvalue weighted by atomic mass is 32.2. The van der Waals surface area contributed by atoms with Crippen LogP contribution in [-0.2, 0) is 0 Å². The zero-order valence-electron chi connectivity index (χ0n) is 15.6. The van der Waals surface area contributed by atoms with Gasteiger partial charge in [0.15, 0.2) is 0 Å². The van der Waals surface area contributed by atoms with E-state index in [1.165, 1.54) is 23.3 Å². The summed E-state index contributed by atoms with van der Waals surface area (Å²) >= 11 is 1.63. The van der Waals surface area contributed by atoms with Crippen LogP contribution in [-0.4, -0.2) is 47.7 Å². The summed E-state index contributed by atoms with van der Waals surface area (Å²) in [4.78, 5) is 12.3. The van der Waals surface area contributed by atoms with Gasteiger partial charge in [0.2, 0.25) is 0 Å². The van der Waals surface area contributed by atoms with Crippen molar-refractivity contribution in [3.05, 3.63) is 53.1 Å². The highest BCUT2D eigenvalue weighted by Gasteiger charge is 2.09. The number of aromatic hydroxyl groups is 1. The maximum Gasteiger partial charge on any atom is 0.252 e. The molecule has 2 rings (SSSR count). The molecule has 146 valence electrons. The summed E-state index contributed by atoms with van der Waals surface area (Å²) in [6.07, 6.45) is -0.466. The fourth-order valence-electron chi connectivity index (χ4n) is 2.37. The Labute approximate surface area is 163 Å². The molecule has 1 unspecified atom stereocenters. The Balaban J connectivity index is 1.65. The number of primary amides is 1. The van der Waals surface area contributed by atoms with Crippen LogP contribution in [0.3, 0.4) is 0 Å². The van der Waals surface area contributed by atoms with Crippen molar-refractivity contribution in [2.75, 3.05) is 25.4 Å². The Bertz CT molecular complexity index is 783. The topological polar surface area (TPSA) is 105 Å². The quantitative estimate of drug-likeness (QED) is 0.366. The van der Waals surface area contributed by atoms with Crippen molar-refractivity contribution < 1.29 is 19.7 Å². The van der Waals surface area contributed by atoms with Crippen LogP contribution in [0.1, 0.15) is 21.5 Å². The average Bonchev–Trinajstić information content (AvgIpc) is 2.63. The maximum absolute atomic E-state index is 11.2. The van der Waals surface area contributed by atoms with Gasteiger partial charge in [-0.15, -0.1) is 11.8 Å². The lowest BCUT2D eigenvalue weighted by atomic mass is 10.1. The minimum atomic E-state index is -0.708. The molecule has 0 aliphatic heterocycles. The SMILES string of the molecule is Cc1ccc(SCC(O)CNCCOc2ccc(O)c(C(N)=O)c2)cc1C. The molecule has 6 nitrogen and oxygen atoms in total. The monoisotopic (exact) mass is 390 g/mol. The summed E-state index contributed by atoms with van der Waals surface area (Å²) < 4.78 is 5.52. The van der Waals surface area contributed by atoms with Crippen molar-refractivity contribution >= 4 is 17.7 Å². The molecule has 0 heterocycles. The van der Waals surface area contributed by atoms with Gasteiger partial charge >= 0.3 is 0 Å². The van der Waals surface area contributed by atoms with Crippen LogP contribution < -0.4 is 15.8 Å². The first-order valence-corrected chi connectivity index (χ1v) is 9.70. The molecule has 1 amide bonds. The van der Waals surface area contributed by atoms with Crippen LogP contribution in [0.5, 0.6) is 11.5 Å². The third-order valence-electron chi connectivity index (χ3n) is 4.08. The van der Waals surface area contributed by atoms with Crippen molar-refractivity contribution in [3.63, 3.8) is 0 Å². The van der Waals surface area contributed by atoms with Crippen molar-refractivity contribution in [3.8, 4) is 11.5 Å². The number of carbonyl (C=O) groups is 1. The number of aliphatic hydroxyl groups is 1. The number of nitrogens with two attached hydrogens (primary N) is 1. The highest BCUT2D eigenvalue weighted by Crippen LogP contribution is 2.23. The van der Waals surface area contributed by atoms with Crippen molar-refractivity contribution in [1.29, 1.82) is 0 Å². The zero-order chi connectivity index (χ0) is 19.8. The van der Waals surface area contributed by atoms with E-state index in [1.54, 1.807) is 17.8 Å². The van der Waals surface area contributed by atoms with E-state index in [0.717, 1.165) is 4.90 Å². The molecule has 0 aliphatic rings. The molecule has 0 spiro atoms. The Kier molecular flexibility index (Phi) is 7.97. The molecule has 0 fully saturated rings. The molecule has 2 aromatic carbocycles. The van der Waals surface area contributed by atoms with Gasteiger partial charge in [-0.05, 0) is 55.3 Å². The lowest BCUT2D eigenvalue weighted by molar-refractivity contribution is 0.0997. The molecular formula is C20H26N2O4S.